The van der Waals surface area contributed by atoms with Crippen molar-refractivity contribution in [1.82, 2.24) is 0 Å². The number of aliphatic hydroxyl groups excluding tert-OH is 1. The SMILES string of the molecule is CC(O)C(=O)[O-].[Fe+2]. The summed E-state index contributed by atoms with van der Waals surface area (Å²) in [7, 11) is 0. The van der Waals surface area contributed by atoms with E-state index < -0.39 is 12.1 Å². The molecule has 0 heterocycles. The second kappa shape index (κ2) is 4.12. The molecule has 1 N–H and O–H groups in total. The standard InChI is InChI=1S/C3H6O3.Fe/c1-2(4)3(5)6;/h2,4H,1H3,(H,5,6);/q;+2/p-1. The van der Waals surface area contributed by atoms with Crippen LogP contribution in [-0.2, 0) is 21.9 Å². The summed E-state index contributed by atoms with van der Waals surface area (Å²) in [5, 5.41) is 17.3. The van der Waals surface area contributed by atoms with Gasteiger partial charge in [0.15, 0.2) is 0 Å². The normalized spacial score (nSPS) is 11.7. The Morgan fingerprint density at radius 1 is 1.86 bits per heavy atom. The minimum atomic E-state index is -1.44. The molecule has 4 heteroatoms. The summed E-state index contributed by atoms with van der Waals surface area (Å²) in [4.78, 5) is 9.34. The molecule has 0 aromatic rings. The van der Waals surface area contributed by atoms with E-state index >= 15 is 0 Å². The fourth-order valence-corrected chi connectivity index (χ4v) is 0. The van der Waals surface area contributed by atoms with Gasteiger partial charge in [0.05, 0.1) is 12.1 Å². The molecule has 1 unspecified atom stereocenters. The summed E-state index contributed by atoms with van der Waals surface area (Å²) in [5.74, 6) is -1.44. The Labute approximate surface area is 51.8 Å². The van der Waals surface area contributed by atoms with E-state index in [0.717, 1.165) is 6.92 Å². The Kier molecular flexibility index (Phi) is 5.91. The van der Waals surface area contributed by atoms with Crippen molar-refractivity contribution in [2.75, 3.05) is 0 Å². The van der Waals surface area contributed by atoms with E-state index in [-0.39, 0.29) is 17.1 Å². The molecular formula is C3H5FeO3+. The first kappa shape index (κ1) is 10.0. The van der Waals surface area contributed by atoms with E-state index in [0.29, 0.717) is 0 Å². The molecule has 0 aliphatic rings. The van der Waals surface area contributed by atoms with Crippen LogP contribution < -0.4 is 5.11 Å². The zero-order valence-electron chi connectivity index (χ0n) is 3.69. The monoisotopic (exact) mass is 145 g/mol. The van der Waals surface area contributed by atoms with E-state index in [2.05, 4.69) is 0 Å². The molecule has 3 nitrogen and oxygen atoms in total. The molecule has 0 radical (unpaired) electrons. The fourth-order valence-electron chi connectivity index (χ4n) is 0. The Balaban J connectivity index is 0. The summed E-state index contributed by atoms with van der Waals surface area (Å²) in [6.07, 6.45) is -1.34. The molecule has 0 fully saturated rings. The molecule has 42 valence electrons. The third-order valence-electron chi connectivity index (χ3n) is 0.341. The van der Waals surface area contributed by atoms with Gasteiger partial charge in [0.25, 0.3) is 0 Å². The van der Waals surface area contributed by atoms with Crippen LogP contribution in [0.1, 0.15) is 6.92 Å². The second-order valence-electron chi connectivity index (χ2n) is 0.995. The van der Waals surface area contributed by atoms with Crippen molar-refractivity contribution >= 4 is 5.97 Å². The van der Waals surface area contributed by atoms with Crippen molar-refractivity contribution < 1.29 is 32.1 Å². The van der Waals surface area contributed by atoms with Gasteiger partial charge in [-0.25, -0.2) is 0 Å². The van der Waals surface area contributed by atoms with E-state index in [4.69, 9.17) is 5.11 Å². The van der Waals surface area contributed by atoms with Crippen molar-refractivity contribution in [2.45, 2.75) is 13.0 Å². The first-order valence-corrected chi connectivity index (χ1v) is 1.53. The number of carbonyl (C=O) groups is 1. The molecule has 7 heavy (non-hydrogen) atoms. The Morgan fingerprint density at radius 3 is 2.00 bits per heavy atom. The Morgan fingerprint density at radius 2 is 2.00 bits per heavy atom. The number of carbonyl (C=O) groups excluding carboxylic acids is 1. The van der Waals surface area contributed by atoms with Gasteiger partial charge in [-0.05, 0) is 6.92 Å². The molecule has 0 aromatic heterocycles. The summed E-state index contributed by atoms with van der Waals surface area (Å²) >= 11 is 0. The van der Waals surface area contributed by atoms with Gasteiger partial charge in [-0.15, -0.1) is 0 Å². The van der Waals surface area contributed by atoms with Gasteiger partial charge in [-0.3, -0.25) is 0 Å². The van der Waals surface area contributed by atoms with Crippen molar-refractivity contribution in [2.24, 2.45) is 0 Å². The quantitative estimate of drug-likeness (QED) is 0.439. The molecule has 0 aromatic carbocycles. The summed E-state index contributed by atoms with van der Waals surface area (Å²) in [6.45, 7) is 1.13. The van der Waals surface area contributed by atoms with Gasteiger partial charge in [0, 0.05) is 0 Å². The van der Waals surface area contributed by atoms with Crippen molar-refractivity contribution in [3.63, 3.8) is 0 Å². The predicted molar refractivity (Wildman–Crippen MR) is 16.7 cm³/mol. The number of carboxylic acid groups (broad SMARTS) is 1. The summed E-state index contributed by atoms with van der Waals surface area (Å²) in [5.41, 5.74) is 0. The van der Waals surface area contributed by atoms with E-state index in [1.54, 1.807) is 0 Å². The molecule has 0 rings (SSSR count). The number of hydrogen-bond donors (Lipinski definition) is 1. The van der Waals surface area contributed by atoms with Gasteiger partial charge >= 0.3 is 17.1 Å². The van der Waals surface area contributed by atoms with Gasteiger partial charge in [-0.2, -0.15) is 0 Å². The van der Waals surface area contributed by atoms with Gasteiger partial charge < -0.3 is 15.0 Å². The molecule has 0 amide bonds. The number of aliphatic carboxylic acids is 1. The minimum absolute atomic E-state index is 0. The second-order valence-corrected chi connectivity index (χ2v) is 0.995. The van der Waals surface area contributed by atoms with Crippen LogP contribution >= 0.6 is 0 Å². The first-order chi connectivity index (χ1) is 2.64. The summed E-state index contributed by atoms with van der Waals surface area (Å²) < 4.78 is 0. The number of carboxylic acids is 1. The maximum Gasteiger partial charge on any atom is 2.00 e. The zero-order chi connectivity index (χ0) is 5.15. The molecule has 0 aliphatic carbocycles. The van der Waals surface area contributed by atoms with Gasteiger partial charge in [0.1, 0.15) is 0 Å². The van der Waals surface area contributed by atoms with Crippen LogP contribution in [0.4, 0.5) is 0 Å². The molecule has 0 saturated carbocycles. The van der Waals surface area contributed by atoms with Gasteiger partial charge in [0.2, 0.25) is 0 Å². The molecular weight excluding hydrogens is 140 g/mol. The third kappa shape index (κ3) is 5.95. The first-order valence-electron chi connectivity index (χ1n) is 1.53. The Bertz CT molecular complexity index is 61.2. The van der Waals surface area contributed by atoms with Crippen LogP contribution in [0.15, 0.2) is 0 Å². The topological polar surface area (TPSA) is 60.4 Å². The zero-order valence-corrected chi connectivity index (χ0v) is 4.80. The number of hydrogen-bond acceptors (Lipinski definition) is 3. The molecule has 0 aliphatic heterocycles. The number of rotatable bonds is 1. The van der Waals surface area contributed by atoms with Crippen LogP contribution in [0.2, 0.25) is 0 Å². The third-order valence-corrected chi connectivity index (χ3v) is 0.341. The smallest absolute Gasteiger partial charge is 0.547 e. The molecule has 0 saturated heterocycles. The average Bonchev–Trinajstić information content (AvgIpc) is 1.36. The summed E-state index contributed by atoms with van der Waals surface area (Å²) in [6, 6.07) is 0. The van der Waals surface area contributed by atoms with Crippen LogP contribution in [-0.4, -0.2) is 17.2 Å². The van der Waals surface area contributed by atoms with Crippen molar-refractivity contribution in [3.05, 3.63) is 0 Å². The van der Waals surface area contributed by atoms with Gasteiger partial charge in [-0.1, -0.05) is 0 Å². The fraction of sp³-hybridized carbons (Fsp3) is 0.667. The van der Waals surface area contributed by atoms with Crippen LogP contribution in [0.25, 0.3) is 0 Å². The number of aliphatic hydroxyl groups is 1. The van der Waals surface area contributed by atoms with Crippen LogP contribution in [0.5, 0.6) is 0 Å². The van der Waals surface area contributed by atoms with E-state index in [9.17, 15) is 9.90 Å². The van der Waals surface area contributed by atoms with Crippen molar-refractivity contribution in [1.29, 1.82) is 0 Å². The molecule has 0 spiro atoms. The Hall–Kier alpha value is -0.0505. The molecule has 1 atom stereocenters. The molecule has 0 bridgehead atoms. The maximum absolute atomic E-state index is 9.34. The average molecular weight is 145 g/mol. The predicted octanol–water partition coefficient (Wildman–Crippen LogP) is -1.89. The minimum Gasteiger partial charge on any atom is -0.547 e. The maximum atomic E-state index is 9.34. The van der Waals surface area contributed by atoms with E-state index in [1.165, 1.54) is 0 Å². The van der Waals surface area contributed by atoms with Crippen molar-refractivity contribution in [3.8, 4) is 0 Å². The van der Waals surface area contributed by atoms with Crippen LogP contribution in [0.3, 0.4) is 0 Å². The van der Waals surface area contributed by atoms with Crippen LogP contribution in [0, 0.1) is 0 Å². The largest absolute Gasteiger partial charge is 2.00 e. The van der Waals surface area contributed by atoms with E-state index in [1.807, 2.05) is 0 Å².